The molecule has 1 aliphatic heterocycles. The first-order valence-electron chi connectivity index (χ1n) is 6.91. The Bertz CT molecular complexity index is 543. The van der Waals surface area contributed by atoms with Gasteiger partial charge in [0.1, 0.15) is 0 Å². The zero-order chi connectivity index (χ0) is 15.4. The quantitative estimate of drug-likeness (QED) is 0.857. The van der Waals surface area contributed by atoms with Gasteiger partial charge >= 0.3 is 0 Å². The van der Waals surface area contributed by atoms with Gasteiger partial charge in [-0.25, -0.2) is 9.37 Å². The Morgan fingerprint density at radius 1 is 1.38 bits per heavy atom. The number of likely N-dealkylation sites (tertiary alicyclic amines) is 1. The van der Waals surface area contributed by atoms with E-state index in [0.29, 0.717) is 32.5 Å². The number of rotatable bonds is 3. The van der Waals surface area contributed by atoms with Crippen molar-refractivity contribution in [1.29, 1.82) is 0 Å². The molecule has 1 N–H and O–H groups in total. The minimum atomic E-state index is -1.28. The summed E-state index contributed by atoms with van der Waals surface area (Å²) in [5, 5.41) is 2.75. The van der Waals surface area contributed by atoms with E-state index in [1.165, 1.54) is 4.90 Å². The first-order valence-corrected chi connectivity index (χ1v) is 6.91. The number of amides is 2. The zero-order valence-electron chi connectivity index (χ0n) is 11.7. The third kappa shape index (κ3) is 3.34. The van der Waals surface area contributed by atoms with Gasteiger partial charge in [0, 0.05) is 31.7 Å². The molecule has 2 rings (SSSR count). The summed E-state index contributed by atoms with van der Waals surface area (Å²) in [5.41, 5.74) is -0.320. The van der Waals surface area contributed by atoms with Crippen molar-refractivity contribution in [3.8, 4) is 0 Å². The van der Waals surface area contributed by atoms with Gasteiger partial charge in [-0.15, -0.1) is 0 Å². The summed E-state index contributed by atoms with van der Waals surface area (Å²) in [7, 11) is 0. The van der Waals surface area contributed by atoms with Crippen molar-refractivity contribution in [3.05, 3.63) is 29.6 Å². The third-order valence-electron chi connectivity index (χ3n) is 3.58. The van der Waals surface area contributed by atoms with E-state index in [0.717, 1.165) is 12.3 Å². The fourth-order valence-electron chi connectivity index (χ4n) is 2.42. The molecule has 0 bridgehead atoms. The van der Waals surface area contributed by atoms with Gasteiger partial charge in [-0.1, -0.05) is 0 Å². The maximum Gasteiger partial charge on any atom is 0.257 e. The summed E-state index contributed by atoms with van der Waals surface area (Å²) in [6, 6.07) is 1.16. The van der Waals surface area contributed by atoms with Crippen LogP contribution in [0.1, 0.15) is 30.1 Å². The summed E-state index contributed by atoms with van der Waals surface area (Å²) in [6.45, 7) is 3.12. The molecule has 1 aliphatic rings. The second-order valence-corrected chi connectivity index (χ2v) is 4.92. The highest BCUT2D eigenvalue weighted by Crippen LogP contribution is 2.20. The summed E-state index contributed by atoms with van der Waals surface area (Å²) in [6.07, 6.45) is 2.10. The Labute approximate surface area is 121 Å². The van der Waals surface area contributed by atoms with Gasteiger partial charge in [-0.2, -0.15) is 4.39 Å². The number of piperidine rings is 1. The van der Waals surface area contributed by atoms with E-state index in [9.17, 15) is 18.4 Å². The van der Waals surface area contributed by atoms with Gasteiger partial charge < -0.3 is 10.2 Å². The number of hydrogen-bond acceptors (Lipinski definition) is 3. The Morgan fingerprint density at radius 3 is 2.67 bits per heavy atom. The summed E-state index contributed by atoms with van der Waals surface area (Å²) in [5.74, 6) is -3.23. The van der Waals surface area contributed by atoms with E-state index in [-0.39, 0.29) is 17.4 Å². The van der Waals surface area contributed by atoms with Crippen LogP contribution in [0.15, 0.2) is 12.3 Å². The number of aromatic nitrogens is 1. The van der Waals surface area contributed by atoms with E-state index >= 15 is 0 Å². The Hall–Kier alpha value is -2.05. The van der Waals surface area contributed by atoms with Gasteiger partial charge in [0.2, 0.25) is 11.9 Å². The molecule has 0 saturated carbocycles. The number of nitrogens with one attached hydrogen (secondary N) is 1. The van der Waals surface area contributed by atoms with E-state index < -0.39 is 17.7 Å². The minimum Gasteiger partial charge on any atom is -0.356 e. The molecule has 1 fully saturated rings. The third-order valence-corrected chi connectivity index (χ3v) is 3.58. The molecule has 114 valence electrons. The second-order valence-electron chi connectivity index (χ2n) is 4.92. The van der Waals surface area contributed by atoms with Crippen LogP contribution in [0.5, 0.6) is 0 Å². The Morgan fingerprint density at radius 2 is 2.05 bits per heavy atom. The van der Waals surface area contributed by atoms with Crippen LogP contribution in [-0.2, 0) is 4.79 Å². The van der Waals surface area contributed by atoms with Crippen LogP contribution in [0.2, 0.25) is 0 Å². The number of nitrogens with zero attached hydrogens (tertiary/aromatic N) is 2. The summed E-state index contributed by atoms with van der Waals surface area (Å²) in [4.78, 5) is 28.5. The number of carbonyl (C=O) groups is 2. The maximum absolute atomic E-state index is 13.6. The van der Waals surface area contributed by atoms with Gasteiger partial charge in [-0.05, 0) is 25.8 Å². The Balaban J connectivity index is 2.00. The smallest absolute Gasteiger partial charge is 0.257 e. The predicted molar refractivity (Wildman–Crippen MR) is 71.5 cm³/mol. The molecule has 2 amide bonds. The molecule has 0 aromatic carbocycles. The minimum absolute atomic E-state index is 0.0225. The van der Waals surface area contributed by atoms with Crippen LogP contribution >= 0.6 is 0 Å². The SMILES string of the molecule is CCNC(=O)C1CCN(C(=O)c2ccnc(F)c2F)CC1. The molecule has 0 aliphatic carbocycles. The van der Waals surface area contributed by atoms with Crippen LogP contribution in [0.4, 0.5) is 8.78 Å². The zero-order valence-corrected chi connectivity index (χ0v) is 11.7. The monoisotopic (exact) mass is 297 g/mol. The average molecular weight is 297 g/mol. The molecule has 5 nitrogen and oxygen atoms in total. The normalized spacial score (nSPS) is 15.9. The lowest BCUT2D eigenvalue weighted by atomic mass is 9.95. The molecule has 7 heteroatoms. The molecule has 1 aromatic heterocycles. The average Bonchev–Trinajstić information content (AvgIpc) is 2.50. The molecule has 0 atom stereocenters. The molecule has 1 saturated heterocycles. The fourth-order valence-corrected chi connectivity index (χ4v) is 2.42. The van der Waals surface area contributed by atoms with Crippen LogP contribution in [-0.4, -0.2) is 41.3 Å². The predicted octanol–water partition coefficient (Wildman–Crippen LogP) is 1.35. The van der Waals surface area contributed by atoms with E-state index in [1.54, 1.807) is 0 Å². The van der Waals surface area contributed by atoms with Gasteiger partial charge in [0.05, 0.1) is 5.56 Å². The first-order chi connectivity index (χ1) is 10.0. The van der Waals surface area contributed by atoms with Gasteiger partial charge in [-0.3, -0.25) is 9.59 Å². The van der Waals surface area contributed by atoms with E-state index in [1.807, 2.05) is 6.92 Å². The van der Waals surface area contributed by atoms with Crippen molar-refractivity contribution in [3.63, 3.8) is 0 Å². The van der Waals surface area contributed by atoms with Crippen molar-refractivity contribution >= 4 is 11.8 Å². The Kier molecular flexibility index (Phi) is 4.82. The molecular weight excluding hydrogens is 280 g/mol. The molecule has 21 heavy (non-hydrogen) atoms. The molecule has 0 spiro atoms. The lowest BCUT2D eigenvalue weighted by molar-refractivity contribution is -0.126. The van der Waals surface area contributed by atoms with Crippen molar-refractivity contribution in [2.75, 3.05) is 19.6 Å². The standard InChI is InChI=1S/C14H17F2N3O2/c1-2-17-13(20)9-4-7-19(8-5-9)14(21)10-3-6-18-12(16)11(10)15/h3,6,9H,2,4-5,7-8H2,1H3,(H,17,20). The molecular formula is C14H17F2N3O2. The fraction of sp³-hybridized carbons (Fsp3) is 0.500. The number of pyridine rings is 1. The maximum atomic E-state index is 13.6. The summed E-state index contributed by atoms with van der Waals surface area (Å²) < 4.78 is 26.6. The molecule has 0 unspecified atom stereocenters. The number of hydrogen-bond donors (Lipinski definition) is 1. The largest absolute Gasteiger partial charge is 0.356 e. The highest BCUT2D eigenvalue weighted by molar-refractivity contribution is 5.94. The van der Waals surface area contributed by atoms with Crippen molar-refractivity contribution in [2.45, 2.75) is 19.8 Å². The highest BCUT2D eigenvalue weighted by atomic mass is 19.2. The van der Waals surface area contributed by atoms with Crippen molar-refractivity contribution in [2.24, 2.45) is 5.92 Å². The molecule has 1 aromatic rings. The van der Waals surface area contributed by atoms with E-state index in [4.69, 9.17) is 0 Å². The molecule has 2 heterocycles. The van der Waals surface area contributed by atoms with Gasteiger partial charge in [0.25, 0.3) is 5.91 Å². The highest BCUT2D eigenvalue weighted by Gasteiger charge is 2.29. The lowest BCUT2D eigenvalue weighted by Gasteiger charge is -2.31. The topological polar surface area (TPSA) is 62.3 Å². The number of carbonyl (C=O) groups excluding carboxylic acids is 2. The molecule has 0 radical (unpaired) electrons. The first kappa shape index (κ1) is 15.3. The van der Waals surface area contributed by atoms with Crippen LogP contribution in [0.3, 0.4) is 0 Å². The van der Waals surface area contributed by atoms with Gasteiger partial charge in [0.15, 0.2) is 5.82 Å². The summed E-state index contributed by atoms with van der Waals surface area (Å²) >= 11 is 0. The van der Waals surface area contributed by atoms with Crippen LogP contribution in [0, 0.1) is 17.7 Å². The van der Waals surface area contributed by atoms with Crippen LogP contribution in [0.25, 0.3) is 0 Å². The van der Waals surface area contributed by atoms with Crippen molar-refractivity contribution < 1.29 is 18.4 Å². The lowest BCUT2D eigenvalue weighted by Crippen LogP contribution is -2.43. The second kappa shape index (κ2) is 6.60. The van der Waals surface area contributed by atoms with E-state index in [2.05, 4.69) is 10.3 Å². The van der Waals surface area contributed by atoms with Crippen molar-refractivity contribution in [1.82, 2.24) is 15.2 Å². The number of halogens is 2. The van der Waals surface area contributed by atoms with Crippen LogP contribution < -0.4 is 5.32 Å².